The Morgan fingerprint density at radius 2 is 1.97 bits per heavy atom. The molecule has 154 valence electrons. The lowest BCUT2D eigenvalue weighted by Gasteiger charge is -2.19. The van der Waals surface area contributed by atoms with Crippen LogP contribution in [0.15, 0.2) is 24.3 Å². The first-order valence-corrected chi connectivity index (χ1v) is 9.39. The van der Waals surface area contributed by atoms with Gasteiger partial charge >= 0.3 is 6.09 Å². The number of carbonyl (C=O) groups excluding carboxylic acids is 2. The third-order valence-electron chi connectivity index (χ3n) is 3.89. The molecule has 0 bridgehead atoms. The maximum absolute atomic E-state index is 12.4. The Balaban J connectivity index is 1.89. The molecule has 0 radical (unpaired) electrons. The highest BCUT2D eigenvalue weighted by atomic mass is 16.6. The van der Waals surface area contributed by atoms with E-state index >= 15 is 0 Å². The molecule has 0 unspecified atom stereocenters. The van der Waals surface area contributed by atoms with Gasteiger partial charge in [0.15, 0.2) is 0 Å². The molecule has 1 aromatic heterocycles. The monoisotopic (exact) mass is 398 g/mol. The molecule has 1 atom stereocenters. The summed E-state index contributed by atoms with van der Waals surface area (Å²) in [5.74, 6) is -0.187. The number of rotatable bonds is 7. The van der Waals surface area contributed by atoms with Gasteiger partial charge in [-0.05, 0) is 38.3 Å². The van der Waals surface area contributed by atoms with Crippen molar-refractivity contribution in [1.29, 1.82) is 5.26 Å². The molecule has 0 saturated carbocycles. The Kier molecular flexibility index (Phi) is 7.31. The Morgan fingerprint density at radius 1 is 1.28 bits per heavy atom. The van der Waals surface area contributed by atoms with Gasteiger partial charge in [-0.2, -0.15) is 5.26 Å². The van der Waals surface area contributed by atoms with E-state index in [0.717, 1.165) is 12.0 Å². The molecule has 29 heavy (non-hydrogen) atoms. The number of alkyl carbamates (subject to hydrolysis) is 1. The number of nitrogens with zero attached hydrogens (tertiary/aromatic N) is 3. The number of hydrogen-bond acceptors (Lipinski definition) is 6. The van der Waals surface area contributed by atoms with E-state index in [-0.39, 0.29) is 12.4 Å². The van der Waals surface area contributed by atoms with E-state index in [2.05, 4.69) is 31.9 Å². The fourth-order valence-corrected chi connectivity index (χ4v) is 2.44. The fraction of sp³-hybridized carbons (Fsp3) is 0.450. The van der Waals surface area contributed by atoms with Crippen molar-refractivity contribution >= 4 is 12.0 Å². The van der Waals surface area contributed by atoms with Crippen molar-refractivity contribution in [2.45, 2.75) is 52.2 Å². The minimum atomic E-state index is -0.802. The summed E-state index contributed by atoms with van der Waals surface area (Å²) in [5, 5.41) is 21.1. The van der Waals surface area contributed by atoms with Crippen molar-refractivity contribution in [3.8, 4) is 6.07 Å². The van der Waals surface area contributed by atoms with Crippen LogP contribution in [0.1, 0.15) is 61.3 Å². The molecule has 0 fully saturated rings. The van der Waals surface area contributed by atoms with Crippen LogP contribution < -0.4 is 10.6 Å². The molecule has 2 rings (SSSR count). The number of carbonyl (C=O) groups is 2. The third kappa shape index (κ3) is 6.92. The maximum atomic E-state index is 12.4. The number of nitrogens with one attached hydrogen (secondary N) is 3. The number of amides is 2. The Bertz CT molecular complexity index is 877. The summed E-state index contributed by atoms with van der Waals surface area (Å²) < 4.78 is 5.14. The molecule has 0 saturated heterocycles. The normalized spacial score (nSPS) is 12.0. The molecule has 2 amide bonds. The second kappa shape index (κ2) is 9.68. The predicted molar refractivity (Wildman–Crippen MR) is 106 cm³/mol. The lowest BCUT2D eigenvalue weighted by molar-refractivity contribution is 0.0528. The maximum Gasteiger partial charge on any atom is 0.407 e. The van der Waals surface area contributed by atoms with Gasteiger partial charge in [0.25, 0.3) is 5.91 Å². The molecule has 1 aromatic carbocycles. The van der Waals surface area contributed by atoms with Crippen LogP contribution in [-0.4, -0.2) is 39.3 Å². The fourth-order valence-electron chi connectivity index (χ4n) is 2.44. The number of H-pyrrole nitrogens is 1. The average Bonchev–Trinajstić information content (AvgIpc) is 3.13. The van der Waals surface area contributed by atoms with E-state index in [0.29, 0.717) is 17.8 Å². The van der Waals surface area contributed by atoms with E-state index < -0.39 is 23.6 Å². The minimum absolute atomic E-state index is 0.0669. The molecule has 1 heterocycles. The van der Waals surface area contributed by atoms with Gasteiger partial charge in [0, 0.05) is 13.0 Å². The van der Waals surface area contributed by atoms with Crippen molar-refractivity contribution in [3.63, 3.8) is 0 Å². The number of aromatic amines is 1. The summed E-state index contributed by atoms with van der Waals surface area (Å²) in [4.78, 5) is 28.1. The van der Waals surface area contributed by atoms with Crippen molar-refractivity contribution in [3.05, 3.63) is 47.0 Å². The number of aromatic nitrogens is 3. The van der Waals surface area contributed by atoms with E-state index in [1.54, 1.807) is 20.8 Å². The first-order valence-electron chi connectivity index (χ1n) is 9.39. The number of hydrogen-bond donors (Lipinski definition) is 3. The number of aryl methyl sites for hydroxylation is 1. The van der Waals surface area contributed by atoms with Crippen molar-refractivity contribution in [2.24, 2.45) is 0 Å². The summed E-state index contributed by atoms with van der Waals surface area (Å²) in [5.41, 5.74) is 1.26. The third-order valence-corrected chi connectivity index (χ3v) is 3.89. The van der Waals surface area contributed by atoms with E-state index in [9.17, 15) is 14.9 Å². The van der Waals surface area contributed by atoms with Gasteiger partial charge in [-0.3, -0.25) is 9.89 Å². The zero-order chi connectivity index (χ0) is 21.4. The molecule has 0 aliphatic carbocycles. The quantitative estimate of drug-likeness (QED) is 0.656. The van der Waals surface area contributed by atoms with E-state index in [1.807, 2.05) is 31.2 Å². The SMILES string of the molecule is CCc1ccc([C@H](C#N)NC(=O)c2n[nH]c(CCNC(=O)OC(C)(C)C)n2)cc1. The summed E-state index contributed by atoms with van der Waals surface area (Å²) in [7, 11) is 0. The van der Waals surface area contributed by atoms with Crippen LogP contribution in [-0.2, 0) is 17.6 Å². The van der Waals surface area contributed by atoms with Gasteiger partial charge in [0.2, 0.25) is 5.82 Å². The van der Waals surface area contributed by atoms with E-state index in [4.69, 9.17) is 4.74 Å². The van der Waals surface area contributed by atoms with Crippen LogP contribution in [0.5, 0.6) is 0 Å². The van der Waals surface area contributed by atoms with Gasteiger partial charge in [0.1, 0.15) is 17.5 Å². The highest BCUT2D eigenvalue weighted by Gasteiger charge is 2.19. The first kappa shape index (κ1) is 21.9. The first-order chi connectivity index (χ1) is 13.7. The molecule has 9 nitrogen and oxygen atoms in total. The van der Waals surface area contributed by atoms with E-state index in [1.165, 1.54) is 0 Å². The Hall–Kier alpha value is -3.41. The Labute approximate surface area is 169 Å². The van der Waals surface area contributed by atoms with Crippen molar-refractivity contribution in [1.82, 2.24) is 25.8 Å². The molecule has 2 aromatic rings. The number of nitriles is 1. The topological polar surface area (TPSA) is 133 Å². The lowest BCUT2D eigenvalue weighted by Crippen LogP contribution is -2.33. The second-order valence-electron chi connectivity index (χ2n) is 7.42. The van der Waals surface area contributed by atoms with Crippen molar-refractivity contribution in [2.75, 3.05) is 6.54 Å². The highest BCUT2D eigenvalue weighted by molar-refractivity contribution is 5.90. The summed E-state index contributed by atoms with van der Waals surface area (Å²) in [6.45, 7) is 7.65. The van der Waals surface area contributed by atoms with Gasteiger partial charge in [0.05, 0.1) is 6.07 Å². The van der Waals surface area contributed by atoms with Crippen molar-refractivity contribution < 1.29 is 14.3 Å². The molecule has 3 N–H and O–H groups in total. The molecule has 9 heteroatoms. The zero-order valence-electron chi connectivity index (χ0n) is 17.1. The van der Waals surface area contributed by atoms with Gasteiger partial charge in [-0.25, -0.2) is 9.78 Å². The van der Waals surface area contributed by atoms with Crippen LogP contribution in [0.4, 0.5) is 4.79 Å². The molecular formula is C20H26N6O3. The van der Waals surface area contributed by atoms with Crippen LogP contribution >= 0.6 is 0 Å². The molecule has 0 spiro atoms. The van der Waals surface area contributed by atoms with Gasteiger partial charge in [-0.15, -0.1) is 5.10 Å². The zero-order valence-corrected chi connectivity index (χ0v) is 17.1. The van der Waals surface area contributed by atoms with Crippen LogP contribution in [0.2, 0.25) is 0 Å². The minimum Gasteiger partial charge on any atom is -0.444 e. The summed E-state index contributed by atoms with van der Waals surface area (Å²) in [6, 6.07) is 8.75. The standard InChI is InChI=1S/C20H26N6O3/c1-5-13-6-8-14(9-7-13)15(12-21)23-18(27)17-24-16(25-26-17)10-11-22-19(28)29-20(2,3)4/h6-9,15H,5,10-11H2,1-4H3,(H,22,28)(H,23,27)(H,24,25,26)/t15-/m0/s1. The van der Waals surface area contributed by atoms with Crippen LogP contribution in [0.25, 0.3) is 0 Å². The molecule has 0 aliphatic heterocycles. The Morgan fingerprint density at radius 3 is 2.55 bits per heavy atom. The number of benzene rings is 1. The van der Waals surface area contributed by atoms with Crippen LogP contribution in [0, 0.1) is 11.3 Å². The van der Waals surface area contributed by atoms with Gasteiger partial charge < -0.3 is 15.4 Å². The van der Waals surface area contributed by atoms with Crippen LogP contribution in [0.3, 0.4) is 0 Å². The second-order valence-corrected chi connectivity index (χ2v) is 7.42. The average molecular weight is 398 g/mol. The molecule has 0 aliphatic rings. The summed E-state index contributed by atoms with van der Waals surface area (Å²) >= 11 is 0. The largest absolute Gasteiger partial charge is 0.444 e. The number of ether oxygens (including phenoxy) is 1. The molecular weight excluding hydrogens is 372 g/mol. The summed E-state index contributed by atoms with van der Waals surface area (Å²) in [6.07, 6.45) is 0.715. The highest BCUT2D eigenvalue weighted by Crippen LogP contribution is 2.14. The predicted octanol–water partition coefficient (Wildman–Crippen LogP) is 2.43. The van der Waals surface area contributed by atoms with Gasteiger partial charge in [-0.1, -0.05) is 31.2 Å². The smallest absolute Gasteiger partial charge is 0.407 e. The lowest BCUT2D eigenvalue weighted by atomic mass is 10.0.